The van der Waals surface area contributed by atoms with Crippen molar-refractivity contribution in [2.45, 2.75) is 45.3 Å². The van der Waals surface area contributed by atoms with Gasteiger partial charge in [-0.1, -0.05) is 64.4 Å². The molecule has 6 nitrogen and oxygen atoms in total. The molecule has 0 saturated carbocycles. The van der Waals surface area contributed by atoms with Crippen LogP contribution >= 0.6 is 23.4 Å². The summed E-state index contributed by atoms with van der Waals surface area (Å²) in [4.78, 5) is 28.1. The summed E-state index contributed by atoms with van der Waals surface area (Å²) in [6.07, 6.45) is 0. The molecule has 37 heavy (non-hydrogen) atoms. The van der Waals surface area contributed by atoms with Crippen LogP contribution in [0.25, 0.3) is 5.69 Å². The zero-order chi connectivity index (χ0) is 26.9. The van der Waals surface area contributed by atoms with E-state index in [1.54, 1.807) is 22.9 Å². The molecule has 0 aliphatic carbocycles. The second-order valence-corrected chi connectivity index (χ2v) is 12.2. The van der Waals surface area contributed by atoms with Gasteiger partial charge in [0.2, 0.25) is 11.8 Å². The van der Waals surface area contributed by atoms with Gasteiger partial charge in [-0.25, -0.2) is 9.07 Å². The molecule has 2 aromatic carbocycles. The lowest BCUT2D eigenvalue weighted by Gasteiger charge is -2.24. The predicted molar refractivity (Wildman–Crippen MR) is 148 cm³/mol. The van der Waals surface area contributed by atoms with E-state index >= 15 is 0 Å². The van der Waals surface area contributed by atoms with Crippen LogP contribution in [-0.2, 0) is 15.0 Å². The normalized spacial score (nSPS) is 16.1. The van der Waals surface area contributed by atoms with Crippen molar-refractivity contribution in [1.82, 2.24) is 15.1 Å². The van der Waals surface area contributed by atoms with Crippen molar-refractivity contribution >= 4 is 41.0 Å². The highest BCUT2D eigenvalue weighted by Crippen LogP contribution is 2.48. The number of anilines is 1. The van der Waals surface area contributed by atoms with Crippen molar-refractivity contribution in [2.24, 2.45) is 5.92 Å². The minimum atomic E-state index is -0.404. The maximum absolute atomic E-state index is 14.3. The molecule has 0 spiro atoms. The molecule has 1 aromatic heterocycles. The topological polar surface area (TPSA) is 67.2 Å². The Morgan fingerprint density at radius 1 is 1.22 bits per heavy atom. The number of carbonyl (C=O) groups is 2. The van der Waals surface area contributed by atoms with E-state index in [9.17, 15) is 14.0 Å². The molecule has 1 aliphatic rings. The number of amides is 2. The Labute approximate surface area is 226 Å². The number of benzene rings is 2. The first-order valence-electron chi connectivity index (χ1n) is 12.3. The average molecular weight is 543 g/mol. The molecule has 1 N–H and O–H groups in total. The van der Waals surface area contributed by atoms with Gasteiger partial charge in [0, 0.05) is 22.5 Å². The monoisotopic (exact) mass is 542 g/mol. The minimum absolute atomic E-state index is 0.131. The van der Waals surface area contributed by atoms with Gasteiger partial charge in [-0.05, 0) is 41.8 Å². The number of thioether (sulfide) groups is 1. The maximum atomic E-state index is 14.3. The Kier molecular flexibility index (Phi) is 7.99. The fourth-order valence-corrected chi connectivity index (χ4v) is 5.68. The van der Waals surface area contributed by atoms with E-state index in [1.165, 1.54) is 28.8 Å². The first-order chi connectivity index (χ1) is 17.5. The second kappa shape index (κ2) is 10.9. The molecule has 0 saturated heterocycles. The summed E-state index contributed by atoms with van der Waals surface area (Å²) >= 11 is 7.76. The largest absolute Gasteiger partial charge is 0.354 e. The predicted octanol–water partition coefficient (Wildman–Crippen LogP) is 5.90. The van der Waals surface area contributed by atoms with Crippen LogP contribution in [0.2, 0.25) is 5.02 Å². The van der Waals surface area contributed by atoms with Crippen LogP contribution in [0.3, 0.4) is 0 Å². The number of carbonyl (C=O) groups excluding carboxylic acids is 2. The van der Waals surface area contributed by atoms with Gasteiger partial charge in [0.05, 0.1) is 22.4 Å². The highest BCUT2D eigenvalue weighted by atomic mass is 35.5. The molecule has 0 bridgehead atoms. The molecular formula is C28H32ClFN4O2S. The fourth-order valence-electron chi connectivity index (χ4n) is 4.31. The van der Waals surface area contributed by atoms with Crippen LogP contribution in [0.15, 0.2) is 48.5 Å². The molecule has 9 heteroatoms. The van der Waals surface area contributed by atoms with Crippen LogP contribution in [0.5, 0.6) is 0 Å². The third-order valence-electron chi connectivity index (χ3n) is 6.01. The van der Waals surface area contributed by atoms with E-state index in [0.29, 0.717) is 23.1 Å². The van der Waals surface area contributed by atoms with E-state index in [0.717, 1.165) is 16.8 Å². The zero-order valence-corrected chi connectivity index (χ0v) is 23.3. The summed E-state index contributed by atoms with van der Waals surface area (Å²) in [5.41, 5.74) is 2.57. The smallest absolute Gasteiger partial charge is 0.240 e. The van der Waals surface area contributed by atoms with Crippen molar-refractivity contribution in [1.29, 1.82) is 0 Å². The van der Waals surface area contributed by atoms with Crippen molar-refractivity contribution < 1.29 is 14.0 Å². The van der Waals surface area contributed by atoms with Gasteiger partial charge in [-0.2, -0.15) is 5.10 Å². The van der Waals surface area contributed by atoms with Gasteiger partial charge in [0.1, 0.15) is 18.2 Å². The molecule has 4 rings (SSSR count). The second-order valence-electron chi connectivity index (χ2n) is 10.7. The Bertz CT molecular complexity index is 1320. The molecule has 2 amide bonds. The number of aromatic nitrogens is 2. The van der Waals surface area contributed by atoms with Gasteiger partial charge in [0.15, 0.2) is 0 Å². The lowest BCUT2D eigenvalue weighted by Crippen LogP contribution is -2.43. The van der Waals surface area contributed by atoms with Gasteiger partial charge in [-0.3, -0.25) is 14.5 Å². The van der Waals surface area contributed by atoms with E-state index in [1.807, 2.05) is 32.0 Å². The first-order valence-corrected chi connectivity index (χ1v) is 13.7. The quantitative estimate of drug-likeness (QED) is 0.421. The first kappa shape index (κ1) is 27.2. The number of halogens is 2. The summed E-state index contributed by atoms with van der Waals surface area (Å²) in [6.45, 7) is 10.5. The molecule has 0 unspecified atom stereocenters. The summed E-state index contributed by atoms with van der Waals surface area (Å²) < 4.78 is 16.1. The van der Waals surface area contributed by atoms with E-state index in [-0.39, 0.29) is 41.1 Å². The number of fused-ring (bicyclic) bond motifs is 1. The third kappa shape index (κ3) is 6.02. The van der Waals surface area contributed by atoms with Gasteiger partial charge >= 0.3 is 0 Å². The van der Waals surface area contributed by atoms with Crippen LogP contribution in [0, 0.1) is 11.7 Å². The van der Waals surface area contributed by atoms with Crippen molar-refractivity contribution in [3.63, 3.8) is 0 Å². The van der Waals surface area contributed by atoms with E-state index in [4.69, 9.17) is 16.7 Å². The number of hydrogen-bond acceptors (Lipinski definition) is 4. The van der Waals surface area contributed by atoms with Crippen LogP contribution in [-0.4, -0.2) is 40.4 Å². The fraction of sp³-hybridized carbons (Fsp3) is 0.393. The Balaban J connectivity index is 1.98. The summed E-state index contributed by atoms with van der Waals surface area (Å²) in [5.74, 6) is 0.103. The third-order valence-corrected chi connectivity index (χ3v) is 7.50. The van der Waals surface area contributed by atoms with E-state index < -0.39 is 5.41 Å². The Hall–Kier alpha value is -2.84. The number of hydrogen-bond donors (Lipinski definition) is 1. The molecular weight excluding hydrogens is 511 g/mol. The van der Waals surface area contributed by atoms with Crippen LogP contribution < -0.4 is 10.2 Å². The van der Waals surface area contributed by atoms with Gasteiger partial charge in [0.25, 0.3) is 0 Å². The molecule has 0 radical (unpaired) electrons. The van der Waals surface area contributed by atoms with Crippen molar-refractivity contribution in [2.75, 3.05) is 23.7 Å². The Morgan fingerprint density at radius 3 is 2.59 bits per heavy atom. The molecule has 0 fully saturated rings. The molecule has 1 aliphatic heterocycles. The van der Waals surface area contributed by atoms with Crippen molar-refractivity contribution in [3.05, 3.63) is 76.2 Å². The highest BCUT2D eigenvalue weighted by molar-refractivity contribution is 8.00. The SMILES string of the molecule is CC(C)CNC(=O)CN1C(=O)CS[C@@H](c2cccc(F)c2)c2c(C(C)(C)C)nn(-c3cccc(Cl)c3)c21. The standard InChI is InChI=1S/C28H32ClFN4O2S/c1-17(2)14-31-22(35)15-33-23(36)16-37-25(18-8-6-10-20(30)12-18)24-26(28(3,4)5)32-34(27(24)33)21-11-7-9-19(29)13-21/h6-13,17,25H,14-16H2,1-5H3,(H,31,35)/t25-/m0/s1. The summed E-state index contributed by atoms with van der Waals surface area (Å²) in [5, 5.41) is 8.09. The number of nitrogens with one attached hydrogen (secondary N) is 1. The molecule has 3 aromatic rings. The molecule has 1 atom stereocenters. The van der Waals surface area contributed by atoms with Crippen LogP contribution in [0.4, 0.5) is 10.2 Å². The Morgan fingerprint density at radius 2 is 1.95 bits per heavy atom. The molecule has 196 valence electrons. The van der Waals surface area contributed by atoms with Gasteiger partial charge in [-0.15, -0.1) is 11.8 Å². The zero-order valence-electron chi connectivity index (χ0n) is 21.7. The average Bonchev–Trinajstić information content (AvgIpc) is 3.16. The summed E-state index contributed by atoms with van der Waals surface area (Å²) in [6, 6.07) is 13.7. The molecule has 2 heterocycles. The van der Waals surface area contributed by atoms with Gasteiger partial charge < -0.3 is 5.32 Å². The lowest BCUT2D eigenvalue weighted by atomic mass is 9.87. The summed E-state index contributed by atoms with van der Waals surface area (Å²) in [7, 11) is 0. The minimum Gasteiger partial charge on any atom is -0.354 e. The number of nitrogens with zero attached hydrogens (tertiary/aromatic N) is 3. The number of rotatable bonds is 6. The van der Waals surface area contributed by atoms with Crippen molar-refractivity contribution in [3.8, 4) is 5.69 Å². The highest BCUT2D eigenvalue weighted by Gasteiger charge is 2.40. The lowest BCUT2D eigenvalue weighted by molar-refractivity contribution is -0.123. The van der Waals surface area contributed by atoms with E-state index in [2.05, 4.69) is 26.1 Å². The maximum Gasteiger partial charge on any atom is 0.240 e. The van der Waals surface area contributed by atoms with Crippen LogP contribution in [0.1, 0.15) is 56.7 Å².